The summed E-state index contributed by atoms with van der Waals surface area (Å²) in [4.78, 5) is 0. The number of nitrogens with zero attached hydrogens (tertiary/aromatic N) is 2. The highest BCUT2D eigenvalue weighted by Gasteiger charge is 2.32. The first-order valence-corrected chi connectivity index (χ1v) is 7.53. The van der Waals surface area contributed by atoms with Crippen LogP contribution in [0, 0.1) is 11.8 Å². The van der Waals surface area contributed by atoms with Gasteiger partial charge in [0.05, 0.1) is 11.7 Å². The Balaban J connectivity index is 1.58. The maximum atomic E-state index is 6.30. The monoisotopic (exact) mass is 247 g/mol. The lowest BCUT2D eigenvalue weighted by atomic mass is 9.94. The van der Waals surface area contributed by atoms with Crippen molar-refractivity contribution < 1.29 is 0 Å². The van der Waals surface area contributed by atoms with Crippen molar-refractivity contribution in [3.63, 3.8) is 0 Å². The van der Waals surface area contributed by atoms with Crippen LogP contribution < -0.4 is 5.73 Å². The van der Waals surface area contributed by atoms with E-state index in [1.165, 1.54) is 44.2 Å². The summed E-state index contributed by atoms with van der Waals surface area (Å²) < 4.78 is 2.18. The standard InChI is InChI=1S/C15H25N3/c1-11(12-6-7-12)15(16)10-13-8-9-18(17-13)14-4-2-3-5-14/h8-9,11-12,14-15H,2-7,10,16H2,1H3. The zero-order valence-corrected chi connectivity index (χ0v) is 11.4. The lowest BCUT2D eigenvalue weighted by molar-refractivity contribution is 0.397. The lowest BCUT2D eigenvalue weighted by Gasteiger charge is -2.18. The molecule has 0 amide bonds. The van der Waals surface area contributed by atoms with Crippen molar-refractivity contribution in [3.05, 3.63) is 18.0 Å². The molecule has 1 heterocycles. The molecule has 3 nitrogen and oxygen atoms in total. The number of hydrogen-bond acceptors (Lipinski definition) is 2. The van der Waals surface area contributed by atoms with E-state index in [-0.39, 0.29) is 6.04 Å². The van der Waals surface area contributed by atoms with Crippen molar-refractivity contribution in [3.8, 4) is 0 Å². The number of nitrogens with two attached hydrogens (primary N) is 1. The van der Waals surface area contributed by atoms with E-state index >= 15 is 0 Å². The molecule has 2 N–H and O–H groups in total. The molecule has 0 aromatic carbocycles. The van der Waals surface area contributed by atoms with Gasteiger partial charge < -0.3 is 5.73 Å². The molecule has 18 heavy (non-hydrogen) atoms. The highest BCUT2D eigenvalue weighted by atomic mass is 15.3. The molecular weight excluding hydrogens is 222 g/mol. The van der Waals surface area contributed by atoms with Gasteiger partial charge in [0.2, 0.25) is 0 Å². The Morgan fingerprint density at radius 1 is 1.33 bits per heavy atom. The van der Waals surface area contributed by atoms with E-state index in [4.69, 9.17) is 10.8 Å². The zero-order chi connectivity index (χ0) is 12.5. The number of hydrogen-bond donors (Lipinski definition) is 1. The molecule has 1 aromatic rings. The minimum Gasteiger partial charge on any atom is -0.327 e. The molecule has 3 heteroatoms. The Morgan fingerprint density at radius 3 is 2.72 bits per heavy atom. The topological polar surface area (TPSA) is 43.8 Å². The summed E-state index contributed by atoms with van der Waals surface area (Å²) in [7, 11) is 0. The van der Waals surface area contributed by atoms with E-state index in [9.17, 15) is 0 Å². The highest BCUT2D eigenvalue weighted by molar-refractivity contribution is 5.04. The van der Waals surface area contributed by atoms with Crippen LogP contribution in [0.1, 0.15) is 57.2 Å². The van der Waals surface area contributed by atoms with Crippen LogP contribution in [0.2, 0.25) is 0 Å². The van der Waals surface area contributed by atoms with Crippen LogP contribution >= 0.6 is 0 Å². The summed E-state index contributed by atoms with van der Waals surface area (Å²) in [5, 5.41) is 4.73. The Bertz CT molecular complexity index is 388. The number of aromatic nitrogens is 2. The molecule has 0 aliphatic heterocycles. The Kier molecular flexibility index (Phi) is 3.42. The first-order valence-electron chi connectivity index (χ1n) is 7.53. The fraction of sp³-hybridized carbons (Fsp3) is 0.800. The maximum absolute atomic E-state index is 6.30. The average molecular weight is 247 g/mol. The summed E-state index contributed by atoms with van der Waals surface area (Å²) in [6.45, 7) is 2.30. The second kappa shape index (κ2) is 5.04. The van der Waals surface area contributed by atoms with Gasteiger partial charge in [-0.3, -0.25) is 4.68 Å². The van der Waals surface area contributed by atoms with E-state index in [0.717, 1.165) is 12.3 Å². The van der Waals surface area contributed by atoms with Crippen molar-refractivity contribution in [2.24, 2.45) is 17.6 Å². The summed E-state index contributed by atoms with van der Waals surface area (Å²) in [6, 6.07) is 3.10. The van der Waals surface area contributed by atoms with Crippen LogP contribution in [0.25, 0.3) is 0 Å². The zero-order valence-electron chi connectivity index (χ0n) is 11.4. The van der Waals surface area contributed by atoms with Gasteiger partial charge in [-0.15, -0.1) is 0 Å². The molecular formula is C15H25N3. The quantitative estimate of drug-likeness (QED) is 0.869. The average Bonchev–Trinajstić information content (AvgIpc) is 2.89. The summed E-state index contributed by atoms with van der Waals surface area (Å²) >= 11 is 0. The molecule has 0 bridgehead atoms. The van der Waals surface area contributed by atoms with E-state index in [1.807, 2.05) is 0 Å². The Labute approximate surface area is 110 Å². The van der Waals surface area contributed by atoms with Gasteiger partial charge in [-0.05, 0) is 43.6 Å². The van der Waals surface area contributed by atoms with E-state index in [2.05, 4.69) is 23.9 Å². The Hall–Kier alpha value is -0.830. The van der Waals surface area contributed by atoms with Crippen molar-refractivity contribution >= 4 is 0 Å². The van der Waals surface area contributed by atoms with Crippen molar-refractivity contribution in [1.82, 2.24) is 9.78 Å². The fourth-order valence-corrected chi connectivity index (χ4v) is 3.26. The van der Waals surface area contributed by atoms with Crippen molar-refractivity contribution in [2.45, 2.75) is 64.0 Å². The summed E-state index contributed by atoms with van der Waals surface area (Å²) in [5.74, 6) is 1.54. The molecule has 100 valence electrons. The van der Waals surface area contributed by atoms with Gasteiger partial charge in [0.1, 0.15) is 0 Å². The van der Waals surface area contributed by atoms with Crippen LogP contribution in [-0.2, 0) is 6.42 Å². The van der Waals surface area contributed by atoms with Crippen LogP contribution in [0.4, 0.5) is 0 Å². The third-order valence-electron chi connectivity index (χ3n) is 4.85. The van der Waals surface area contributed by atoms with Gasteiger partial charge in [0.15, 0.2) is 0 Å². The van der Waals surface area contributed by atoms with Gasteiger partial charge in [-0.1, -0.05) is 19.8 Å². The lowest BCUT2D eigenvalue weighted by Crippen LogP contribution is -2.32. The van der Waals surface area contributed by atoms with Gasteiger partial charge in [0, 0.05) is 18.7 Å². The molecule has 2 aliphatic carbocycles. The van der Waals surface area contributed by atoms with Crippen LogP contribution in [0.15, 0.2) is 12.3 Å². The van der Waals surface area contributed by atoms with E-state index in [0.29, 0.717) is 12.0 Å². The minimum atomic E-state index is 0.282. The third kappa shape index (κ3) is 2.61. The molecule has 3 rings (SSSR count). The third-order valence-corrected chi connectivity index (χ3v) is 4.85. The van der Waals surface area contributed by atoms with Gasteiger partial charge in [0.25, 0.3) is 0 Å². The summed E-state index contributed by atoms with van der Waals surface area (Å²) in [5.41, 5.74) is 7.49. The second-order valence-electron chi connectivity index (χ2n) is 6.29. The Morgan fingerprint density at radius 2 is 2.06 bits per heavy atom. The second-order valence-corrected chi connectivity index (χ2v) is 6.29. The van der Waals surface area contributed by atoms with Gasteiger partial charge >= 0.3 is 0 Å². The molecule has 0 spiro atoms. The van der Waals surface area contributed by atoms with Crippen LogP contribution in [0.5, 0.6) is 0 Å². The molecule has 2 aliphatic rings. The molecule has 2 fully saturated rings. The predicted octanol–water partition coefficient (Wildman–Crippen LogP) is 2.91. The minimum absolute atomic E-state index is 0.282. The largest absolute Gasteiger partial charge is 0.327 e. The molecule has 2 unspecified atom stereocenters. The first kappa shape index (κ1) is 12.2. The molecule has 2 saturated carbocycles. The maximum Gasteiger partial charge on any atom is 0.0640 e. The molecule has 1 aromatic heterocycles. The van der Waals surface area contributed by atoms with Crippen LogP contribution in [-0.4, -0.2) is 15.8 Å². The van der Waals surface area contributed by atoms with Gasteiger partial charge in [-0.25, -0.2) is 0 Å². The smallest absolute Gasteiger partial charge is 0.0640 e. The van der Waals surface area contributed by atoms with Crippen molar-refractivity contribution in [1.29, 1.82) is 0 Å². The normalized spacial score (nSPS) is 24.3. The molecule has 2 atom stereocenters. The number of rotatable bonds is 5. The fourth-order valence-electron chi connectivity index (χ4n) is 3.26. The van der Waals surface area contributed by atoms with Crippen LogP contribution in [0.3, 0.4) is 0 Å². The SMILES string of the molecule is CC(C(N)Cc1ccn(C2CCCC2)n1)C1CC1. The first-order chi connectivity index (χ1) is 8.74. The van der Waals surface area contributed by atoms with E-state index < -0.39 is 0 Å². The van der Waals surface area contributed by atoms with Gasteiger partial charge in [-0.2, -0.15) is 5.10 Å². The highest BCUT2D eigenvalue weighted by Crippen LogP contribution is 2.38. The predicted molar refractivity (Wildman–Crippen MR) is 73.3 cm³/mol. The van der Waals surface area contributed by atoms with Crippen molar-refractivity contribution in [2.75, 3.05) is 0 Å². The summed E-state index contributed by atoms with van der Waals surface area (Å²) in [6.07, 6.45) is 11.2. The van der Waals surface area contributed by atoms with E-state index in [1.54, 1.807) is 0 Å². The molecule has 0 radical (unpaired) electrons. The molecule has 0 saturated heterocycles.